The zero-order chi connectivity index (χ0) is 16.2. The molecule has 0 bridgehead atoms. The highest BCUT2D eigenvalue weighted by atomic mass is 16.3. The van der Waals surface area contributed by atoms with E-state index in [1.165, 1.54) is 5.56 Å². The van der Waals surface area contributed by atoms with Gasteiger partial charge in [0.1, 0.15) is 11.8 Å². The van der Waals surface area contributed by atoms with Crippen LogP contribution in [-0.4, -0.2) is 16.6 Å². The van der Waals surface area contributed by atoms with Crippen LogP contribution in [0, 0.1) is 0 Å². The van der Waals surface area contributed by atoms with E-state index in [4.69, 9.17) is 4.42 Å². The molecule has 0 unspecified atom stereocenters. The molecule has 0 radical (unpaired) electrons. The van der Waals surface area contributed by atoms with Gasteiger partial charge in [-0.15, -0.1) is 0 Å². The molecule has 0 spiro atoms. The van der Waals surface area contributed by atoms with Gasteiger partial charge in [-0.25, -0.2) is 5.01 Å². The molecule has 4 nitrogen and oxygen atoms in total. The summed E-state index contributed by atoms with van der Waals surface area (Å²) in [4.78, 5) is 12.4. The Kier molecular flexibility index (Phi) is 4.60. The van der Waals surface area contributed by atoms with E-state index in [9.17, 15) is 4.79 Å². The van der Waals surface area contributed by atoms with Gasteiger partial charge in [0.05, 0.1) is 12.0 Å². The first kappa shape index (κ1) is 15.5. The van der Waals surface area contributed by atoms with Crippen molar-refractivity contribution in [1.29, 1.82) is 0 Å². The van der Waals surface area contributed by atoms with Gasteiger partial charge in [-0.1, -0.05) is 38.1 Å². The molecule has 0 saturated carbocycles. The number of hydrogen-bond donors (Lipinski definition) is 0. The number of nitrogens with zero attached hydrogens (tertiary/aromatic N) is 2. The van der Waals surface area contributed by atoms with Crippen molar-refractivity contribution in [2.24, 2.45) is 5.10 Å². The smallest absolute Gasteiger partial charge is 0.243 e. The molecule has 2 aromatic rings. The van der Waals surface area contributed by atoms with Gasteiger partial charge in [0.25, 0.3) is 0 Å². The largest absolute Gasteiger partial charge is 0.467 e. The van der Waals surface area contributed by atoms with Crippen LogP contribution >= 0.6 is 0 Å². The number of amides is 1. The van der Waals surface area contributed by atoms with E-state index in [0.29, 0.717) is 12.8 Å². The number of aryl methyl sites for hydroxylation is 1. The fourth-order valence-electron chi connectivity index (χ4n) is 2.88. The van der Waals surface area contributed by atoms with Crippen LogP contribution in [-0.2, 0) is 11.2 Å². The van der Waals surface area contributed by atoms with Crippen LogP contribution in [0.25, 0.3) is 0 Å². The Morgan fingerprint density at radius 1 is 1.26 bits per heavy atom. The minimum Gasteiger partial charge on any atom is -0.467 e. The van der Waals surface area contributed by atoms with E-state index in [-0.39, 0.29) is 11.9 Å². The lowest BCUT2D eigenvalue weighted by Crippen LogP contribution is -2.26. The fourth-order valence-corrected chi connectivity index (χ4v) is 2.88. The van der Waals surface area contributed by atoms with Crippen LogP contribution in [0.3, 0.4) is 0 Å². The third kappa shape index (κ3) is 3.21. The molecule has 120 valence electrons. The molecule has 1 aliphatic rings. The molecule has 1 atom stereocenters. The van der Waals surface area contributed by atoms with E-state index in [1.54, 1.807) is 11.3 Å². The van der Waals surface area contributed by atoms with Crippen molar-refractivity contribution < 1.29 is 9.21 Å². The maximum Gasteiger partial charge on any atom is 0.243 e. The topological polar surface area (TPSA) is 45.8 Å². The van der Waals surface area contributed by atoms with Gasteiger partial charge in [0.15, 0.2) is 0 Å². The number of hydrazone groups is 1. The summed E-state index contributed by atoms with van der Waals surface area (Å²) in [5, 5.41) is 6.21. The van der Waals surface area contributed by atoms with Gasteiger partial charge in [-0.3, -0.25) is 4.79 Å². The third-order valence-electron chi connectivity index (χ3n) is 4.20. The van der Waals surface area contributed by atoms with Crippen molar-refractivity contribution >= 4 is 11.6 Å². The standard InChI is InChI=1S/C19H22N2O2/c1-3-6-19(22)21-17(18-7-5-12-23-18)13-16(20-21)15-10-8-14(4-2)9-11-15/h5,7-12,17H,3-4,6,13H2,1-2H3/t17-/m0/s1. The van der Waals surface area contributed by atoms with E-state index < -0.39 is 0 Å². The van der Waals surface area contributed by atoms with Crippen molar-refractivity contribution in [3.63, 3.8) is 0 Å². The van der Waals surface area contributed by atoms with Gasteiger partial charge < -0.3 is 4.42 Å². The summed E-state index contributed by atoms with van der Waals surface area (Å²) < 4.78 is 5.53. The van der Waals surface area contributed by atoms with Crippen molar-refractivity contribution in [3.8, 4) is 0 Å². The molecule has 2 heterocycles. The molecular weight excluding hydrogens is 288 g/mol. The highest BCUT2D eigenvalue weighted by Crippen LogP contribution is 2.33. The van der Waals surface area contributed by atoms with Crippen LogP contribution in [0.1, 0.15) is 56.0 Å². The minimum atomic E-state index is -0.134. The lowest BCUT2D eigenvalue weighted by molar-refractivity contribution is -0.133. The Balaban J connectivity index is 1.88. The molecular formula is C19H22N2O2. The van der Waals surface area contributed by atoms with Gasteiger partial charge in [0.2, 0.25) is 5.91 Å². The van der Waals surface area contributed by atoms with Crippen molar-refractivity contribution in [2.45, 2.75) is 45.6 Å². The summed E-state index contributed by atoms with van der Waals surface area (Å²) >= 11 is 0. The fraction of sp³-hybridized carbons (Fsp3) is 0.368. The Hall–Kier alpha value is -2.36. The van der Waals surface area contributed by atoms with E-state index in [2.05, 4.69) is 36.3 Å². The Bertz CT molecular complexity index is 687. The third-order valence-corrected chi connectivity index (χ3v) is 4.20. The maximum absolute atomic E-state index is 12.4. The second kappa shape index (κ2) is 6.82. The summed E-state index contributed by atoms with van der Waals surface area (Å²) in [6.07, 6.45) is 4.67. The predicted octanol–water partition coefficient (Wildman–Crippen LogP) is 4.32. The van der Waals surface area contributed by atoms with Crippen molar-refractivity contribution in [3.05, 3.63) is 59.5 Å². The average Bonchev–Trinajstić information content (AvgIpc) is 3.24. The van der Waals surface area contributed by atoms with E-state index in [0.717, 1.165) is 29.9 Å². The summed E-state index contributed by atoms with van der Waals surface area (Å²) in [5.41, 5.74) is 3.32. The number of carbonyl (C=O) groups is 1. The first-order valence-electron chi connectivity index (χ1n) is 8.25. The minimum absolute atomic E-state index is 0.0501. The number of furan rings is 1. The number of carbonyl (C=O) groups excluding carboxylic acids is 1. The lowest BCUT2D eigenvalue weighted by atomic mass is 10.0. The molecule has 1 aromatic carbocycles. The van der Waals surface area contributed by atoms with Crippen LogP contribution in [0.5, 0.6) is 0 Å². The highest BCUT2D eigenvalue weighted by Gasteiger charge is 2.34. The maximum atomic E-state index is 12.4. The molecule has 0 saturated heterocycles. The summed E-state index contributed by atoms with van der Waals surface area (Å²) in [6.45, 7) is 4.14. The molecule has 4 heteroatoms. The number of hydrogen-bond acceptors (Lipinski definition) is 3. The second-order valence-corrected chi connectivity index (χ2v) is 5.82. The summed E-state index contributed by atoms with van der Waals surface area (Å²) in [5.74, 6) is 0.840. The van der Waals surface area contributed by atoms with Crippen molar-refractivity contribution in [2.75, 3.05) is 0 Å². The van der Waals surface area contributed by atoms with E-state index in [1.807, 2.05) is 19.1 Å². The van der Waals surface area contributed by atoms with Crippen molar-refractivity contribution in [1.82, 2.24) is 5.01 Å². The Morgan fingerprint density at radius 3 is 2.65 bits per heavy atom. The zero-order valence-corrected chi connectivity index (χ0v) is 13.7. The number of rotatable bonds is 5. The van der Waals surface area contributed by atoms with Gasteiger partial charge in [-0.2, -0.15) is 5.10 Å². The molecule has 3 rings (SSSR count). The highest BCUT2D eigenvalue weighted by molar-refractivity contribution is 6.03. The van der Waals surface area contributed by atoms with Gasteiger partial charge >= 0.3 is 0 Å². The zero-order valence-electron chi connectivity index (χ0n) is 13.7. The summed E-state index contributed by atoms with van der Waals surface area (Å²) in [6, 6.07) is 12.0. The first-order chi connectivity index (χ1) is 11.2. The average molecular weight is 310 g/mol. The molecule has 23 heavy (non-hydrogen) atoms. The molecule has 0 fully saturated rings. The molecule has 0 N–H and O–H groups in total. The van der Waals surface area contributed by atoms with Gasteiger partial charge in [-0.05, 0) is 36.1 Å². The van der Waals surface area contributed by atoms with E-state index >= 15 is 0 Å². The van der Waals surface area contributed by atoms with Crippen LogP contribution in [0.2, 0.25) is 0 Å². The van der Waals surface area contributed by atoms with Crippen LogP contribution < -0.4 is 0 Å². The molecule has 1 aromatic heterocycles. The quantitative estimate of drug-likeness (QED) is 0.825. The molecule has 1 amide bonds. The Labute approximate surface area is 136 Å². The normalized spacial score (nSPS) is 17.4. The summed E-state index contributed by atoms with van der Waals surface area (Å²) in [7, 11) is 0. The van der Waals surface area contributed by atoms with Crippen LogP contribution in [0.4, 0.5) is 0 Å². The monoisotopic (exact) mass is 310 g/mol. The number of benzene rings is 1. The second-order valence-electron chi connectivity index (χ2n) is 5.82. The lowest BCUT2D eigenvalue weighted by Gasteiger charge is -2.19. The van der Waals surface area contributed by atoms with Gasteiger partial charge in [0, 0.05) is 12.8 Å². The SMILES string of the molecule is CCCC(=O)N1N=C(c2ccc(CC)cc2)C[C@H]1c1ccco1. The molecule has 1 aliphatic heterocycles. The van der Waals surface area contributed by atoms with Crippen LogP contribution in [0.15, 0.2) is 52.2 Å². The predicted molar refractivity (Wildman–Crippen MR) is 90.2 cm³/mol. The first-order valence-corrected chi connectivity index (χ1v) is 8.25. The molecule has 0 aliphatic carbocycles. The Morgan fingerprint density at radius 2 is 2.04 bits per heavy atom.